The van der Waals surface area contributed by atoms with Crippen molar-refractivity contribution < 1.29 is 13.2 Å². The Kier molecular flexibility index (Phi) is 4.73. The summed E-state index contributed by atoms with van der Waals surface area (Å²) in [6.07, 6.45) is 3.65. The quantitative estimate of drug-likeness (QED) is 0.841. The van der Waals surface area contributed by atoms with E-state index in [1.807, 2.05) is 6.92 Å². The molecule has 9 heteroatoms. The van der Waals surface area contributed by atoms with E-state index in [-0.39, 0.29) is 16.8 Å². The molecule has 1 saturated heterocycles. The predicted molar refractivity (Wildman–Crippen MR) is 99.7 cm³/mol. The van der Waals surface area contributed by atoms with E-state index in [1.54, 1.807) is 33.8 Å². The number of aromatic nitrogens is 3. The van der Waals surface area contributed by atoms with Gasteiger partial charge in [0.1, 0.15) is 5.82 Å². The zero-order valence-corrected chi connectivity index (χ0v) is 16.1. The number of amides is 1. The zero-order chi connectivity index (χ0) is 19.0. The molecule has 0 aliphatic carbocycles. The van der Waals surface area contributed by atoms with Crippen molar-refractivity contribution in [2.75, 3.05) is 11.4 Å². The summed E-state index contributed by atoms with van der Waals surface area (Å²) < 4.78 is 30.2. The summed E-state index contributed by atoms with van der Waals surface area (Å²) in [6.45, 7) is 3.42. The van der Waals surface area contributed by atoms with Gasteiger partial charge in [-0.3, -0.25) is 4.79 Å². The summed E-state index contributed by atoms with van der Waals surface area (Å²) in [5.41, 5.74) is 0.737. The lowest BCUT2D eigenvalue weighted by molar-refractivity contribution is -0.117. The number of sulfonamides is 1. The van der Waals surface area contributed by atoms with E-state index < -0.39 is 10.0 Å². The number of nitrogens with one attached hydrogen (secondary N) is 1. The van der Waals surface area contributed by atoms with Gasteiger partial charge in [0, 0.05) is 31.6 Å². The molecule has 1 N–H and O–H groups in total. The number of anilines is 1. The highest BCUT2D eigenvalue weighted by Gasteiger charge is 2.29. The average Bonchev–Trinajstić information content (AvgIpc) is 3.28. The summed E-state index contributed by atoms with van der Waals surface area (Å²) in [5.74, 6) is 1.49. The molecule has 27 heavy (non-hydrogen) atoms. The molecule has 0 radical (unpaired) electrons. The number of hydrogen-bond acceptors (Lipinski definition) is 5. The second-order valence-electron chi connectivity index (χ2n) is 6.92. The molecule has 1 unspecified atom stereocenters. The molecular weight excluding hydrogens is 366 g/mol. The summed E-state index contributed by atoms with van der Waals surface area (Å²) in [5, 5.41) is 4.42. The van der Waals surface area contributed by atoms with Gasteiger partial charge >= 0.3 is 0 Å². The number of nitrogens with zero attached hydrogens (tertiary/aromatic N) is 4. The Bertz CT molecular complexity index is 952. The third-order valence-corrected chi connectivity index (χ3v) is 6.55. The topological polar surface area (TPSA) is 97.2 Å². The minimum Gasteiger partial charge on any atom is -0.312 e. The van der Waals surface area contributed by atoms with Crippen LogP contribution in [0.25, 0.3) is 0 Å². The Balaban J connectivity index is 1.54. The number of benzene rings is 1. The van der Waals surface area contributed by atoms with Crippen molar-refractivity contribution in [2.24, 2.45) is 0 Å². The molecule has 2 aliphatic rings. The first-order valence-corrected chi connectivity index (χ1v) is 10.8. The fraction of sp³-hybridized carbons (Fsp3) is 0.500. The van der Waals surface area contributed by atoms with Crippen LogP contribution in [0.15, 0.2) is 29.2 Å². The summed E-state index contributed by atoms with van der Waals surface area (Å²) in [7, 11) is -3.69. The molecule has 0 saturated carbocycles. The van der Waals surface area contributed by atoms with E-state index in [1.165, 1.54) is 0 Å². The Hall–Kier alpha value is -2.26. The van der Waals surface area contributed by atoms with Gasteiger partial charge in [-0.15, -0.1) is 0 Å². The smallest absolute Gasteiger partial charge is 0.241 e. The minimum absolute atomic E-state index is 0.0806. The van der Waals surface area contributed by atoms with Crippen LogP contribution in [-0.2, 0) is 27.8 Å². The maximum absolute atomic E-state index is 12.8. The van der Waals surface area contributed by atoms with Crippen LogP contribution in [0, 0.1) is 0 Å². The lowest BCUT2D eigenvalue weighted by Gasteiger charge is -2.23. The van der Waals surface area contributed by atoms with E-state index in [4.69, 9.17) is 0 Å². The van der Waals surface area contributed by atoms with Gasteiger partial charge in [-0.25, -0.2) is 22.8 Å². The Morgan fingerprint density at radius 1 is 1.19 bits per heavy atom. The van der Waals surface area contributed by atoms with Crippen molar-refractivity contribution in [1.29, 1.82) is 0 Å². The SMILES string of the molecule is CCc1nc2n(n1)CCCC2NS(=O)(=O)c1ccc(N2CCCC2=O)cc1. The second-order valence-corrected chi connectivity index (χ2v) is 8.64. The van der Waals surface area contributed by atoms with E-state index in [2.05, 4.69) is 14.8 Å². The van der Waals surface area contributed by atoms with Gasteiger partial charge in [0.05, 0.1) is 10.9 Å². The number of rotatable bonds is 5. The van der Waals surface area contributed by atoms with Gasteiger partial charge in [0.2, 0.25) is 15.9 Å². The standard InChI is InChI=1S/C18H23N5O3S/c1-2-16-19-18-15(5-3-12-23(18)20-16)21-27(25,26)14-9-7-13(8-10-14)22-11-4-6-17(22)24/h7-10,15,21H,2-6,11-12H2,1H3. The molecule has 1 aromatic heterocycles. The van der Waals surface area contributed by atoms with Crippen LogP contribution in [0.1, 0.15) is 50.3 Å². The molecule has 0 spiro atoms. The third-order valence-electron chi connectivity index (χ3n) is 5.06. The molecule has 3 heterocycles. The highest BCUT2D eigenvalue weighted by atomic mass is 32.2. The molecule has 1 fully saturated rings. The molecule has 1 atom stereocenters. The lowest BCUT2D eigenvalue weighted by atomic mass is 10.1. The maximum Gasteiger partial charge on any atom is 0.241 e. The lowest BCUT2D eigenvalue weighted by Crippen LogP contribution is -2.33. The van der Waals surface area contributed by atoms with Gasteiger partial charge in [-0.1, -0.05) is 6.92 Å². The van der Waals surface area contributed by atoms with Crippen LogP contribution in [0.2, 0.25) is 0 Å². The molecule has 2 aromatic rings. The molecule has 4 rings (SSSR count). The largest absolute Gasteiger partial charge is 0.312 e. The van der Waals surface area contributed by atoms with Gasteiger partial charge in [-0.05, 0) is 43.5 Å². The van der Waals surface area contributed by atoms with Gasteiger partial charge in [0.15, 0.2) is 5.82 Å². The van der Waals surface area contributed by atoms with Gasteiger partial charge < -0.3 is 4.90 Å². The van der Waals surface area contributed by atoms with Crippen molar-refractivity contribution in [3.8, 4) is 0 Å². The Morgan fingerprint density at radius 3 is 2.63 bits per heavy atom. The van der Waals surface area contributed by atoms with Crippen molar-refractivity contribution in [2.45, 2.75) is 56.5 Å². The summed E-state index contributed by atoms with van der Waals surface area (Å²) in [6, 6.07) is 6.10. The third kappa shape index (κ3) is 3.49. The van der Waals surface area contributed by atoms with Crippen molar-refractivity contribution >= 4 is 21.6 Å². The molecule has 2 aliphatic heterocycles. The molecule has 1 amide bonds. The first kappa shape index (κ1) is 18.1. The number of hydrogen-bond donors (Lipinski definition) is 1. The molecule has 1 aromatic carbocycles. The first-order valence-electron chi connectivity index (χ1n) is 9.34. The molecule has 144 valence electrons. The number of aryl methyl sites for hydroxylation is 2. The van der Waals surface area contributed by atoms with Crippen LogP contribution in [-0.4, -0.2) is 35.6 Å². The Morgan fingerprint density at radius 2 is 1.96 bits per heavy atom. The molecule has 0 bridgehead atoms. The first-order chi connectivity index (χ1) is 13.0. The van der Waals surface area contributed by atoms with Crippen LogP contribution in [0.5, 0.6) is 0 Å². The van der Waals surface area contributed by atoms with Gasteiger partial charge in [0.25, 0.3) is 0 Å². The summed E-state index contributed by atoms with van der Waals surface area (Å²) >= 11 is 0. The number of carbonyl (C=O) groups is 1. The van der Waals surface area contributed by atoms with E-state index >= 15 is 0 Å². The summed E-state index contributed by atoms with van der Waals surface area (Å²) in [4.78, 5) is 18.2. The minimum atomic E-state index is -3.69. The van der Waals surface area contributed by atoms with Crippen LogP contribution in [0.4, 0.5) is 5.69 Å². The van der Waals surface area contributed by atoms with E-state index in [9.17, 15) is 13.2 Å². The molecule has 8 nitrogen and oxygen atoms in total. The Labute approximate surface area is 158 Å². The highest BCUT2D eigenvalue weighted by molar-refractivity contribution is 7.89. The van der Waals surface area contributed by atoms with Crippen LogP contribution in [0.3, 0.4) is 0 Å². The molecular formula is C18H23N5O3S. The average molecular weight is 389 g/mol. The maximum atomic E-state index is 12.8. The van der Waals surface area contributed by atoms with E-state index in [0.29, 0.717) is 25.2 Å². The number of carbonyl (C=O) groups excluding carboxylic acids is 1. The van der Waals surface area contributed by atoms with Crippen LogP contribution < -0.4 is 9.62 Å². The van der Waals surface area contributed by atoms with Crippen molar-refractivity contribution in [3.63, 3.8) is 0 Å². The van der Waals surface area contributed by atoms with Crippen LogP contribution >= 0.6 is 0 Å². The van der Waals surface area contributed by atoms with E-state index in [0.717, 1.165) is 37.3 Å². The predicted octanol–water partition coefficient (Wildman–Crippen LogP) is 1.78. The van der Waals surface area contributed by atoms with Gasteiger partial charge in [-0.2, -0.15) is 5.10 Å². The highest BCUT2D eigenvalue weighted by Crippen LogP contribution is 2.27. The van der Waals surface area contributed by atoms with Crippen molar-refractivity contribution in [3.05, 3.63) is 35.9 Å². The fourth-order valence-corrected chi connectivity index (χ4v) is 4.87. The monoisotopic (exact) mass is 389 g/mol. The number of fused-ring (bicyclic) bond motifs is 1. The zero-order valence-electron chi connectivity index (χ0n) is 15.3. The fourth-order valence-electron chi connectivity index (χ4n) is 3.64. The second kappa shape index (κ2) is 7.05. The van der Waals surface area contributed by atoms with Crippen molar-refractivity contribution in [1.82, 2.24) is 19.5 Å². The normalized spacial score (nSPS) is 20.1.